The zero-order chi connectivity index (χ0) is 18.9. The fourth-order valence-electron chi connectivity index (χ4n) is 3.13. The van der Waals surface area contributed by atoms with E-state index in [0.29, 0.717) is 11.8 Å². The third-order valence-electron chi connectivity index (χ3n) is 5.05. The molecular weight excluding hydrogens is 383 g/mol. The molecule has 5 nitrogen and oxygen atoms in total. The van der Waals surface area contributed by atoms with Crippen LogP contribution < -0.4 is 5.32 Å². The molecule has 0 heterocycles. The summed E-state index contributed by atoms with van der Waals surface area (Å²) >= 11 is 12.2. The Hall–Kier alpha value is -0.820. The van der Waals surface area contributed by atoms with Crippen molar-refractivity contribution in [3.05, 3.63) is 27.7 Å². The Labute approximate surface area is 159 Å². The van der Waals surface area contributed by atoms with E-state index in [1.165, 1.54) is 26.2 Å². The van der Waals surface area contributed by atoms with Gasteiger partial charge in [0.05, 0.1) is 15.6 Å². The summed E-state index contributed by atoms with van der Waals surface area (Å²) in [7, 11) is -0.955. The van der Waals surface area contributed by atoms with Crippen LogP contribution in [-0.2, 0) is 10.0 Å². The summed E-state index contributed by atoms with van der Waals surface area (Å²) < 4.78 is 25.8. The Kier molecular flexibility index (Phi) is 6.41. The number of hydrogen-bond acceptors (Lipinski definition) is 3. The Bertz CT molecular complexity index is 765. The minimum Gasteiger partial charge on any atom is -0.349 e. The third-order valence-corrected chi connectivity index (χ3v) is 7.64. The summed E-state index contributed by atoms with van der Waals surface area (Å²) in [6.07, 6.45) is 3.12. The number of nitrogens with zero attached hydrogens (tertiary/aromatic N) is 1. The predicted octanol–water partition coefficient (Wildman–Crippen LogP) is 3.80. The third kappa shape index (κ3) is 4.30. The average molecular weight is 407 g/mol. The summed E-state index contributed by atoms with van der Waals surface area (Å²) in [5, 5.41) is 3.14. The van der Waals surface area contributed by atoms with E-state index in [4.69, 9.17) is 23.2 Å². The van der Waals surface area contributed by atoms with Crippen LogP contribution in [0, 0.1) is 11.8 Å². The minimum atomic E-state index is -3.77. The van der Waals surface area contributed by atoms with Crippen molar-refractivity contribution in [2.24, 2.45) is 11.8 Å². The molecule has 25 heavy (non-hydrogen) atoms. The molecule has 0 radical (unpaired) electrons. The van der Waals surface area contributed by atoms with Gasteiger partial charge in [-0.15, -0.1) is 0 Å². The van der Waals surface area contributed by atoms with Gasteiger partial charge in [0.15, 0.2) is 0 Å². The van der Waals surface area contributed by atoms with Crippen LogP contribution in [0.2, 0.25) is 10.0 Å². The van der Waals surface area contributed by atoms with Crippen LogP contribution in [0.5, 0.6) is 0 Å². The van der Waals surface area contributed by atoms with Gasteiger partial charge in [0.25, 0.3) is 5.91 Å². The van der Waals surface area contributed by atoms with Crippen molar-refractivity contribution in [3.8, 4) is 0 Å². The molecule has 3 atom stereocenters. The van der Waals surface area contributed by atoms with E-state index < -0.39 is 10.0 Å². The highest BCUT2D eigenvalue weighted by atomic mass is 35.5. The van der Waals surface area contributed by atoms with Gasteiger partial charge in [-0.05, 0) is 30.4 Å². The Morgan fingerprint density at radius 2 is 1.80 bits per heavy atom. The van der Waals surface area contributed by atoms with Crippen LogP contribution >= 0.6 is 23.2 Å². The molecule has 0 unspecified atom stereocenters. The summed E-state index contributed by atoms with van der Waals surface area (Å²) in [5.74, 6) is 0.515. The number of hydrogen-bond donors (Lipinski definition) is 1. The number of sulfonamides is 1. The molecule has 0 bridgehead atoms. The first-order valence-corrected chi connectivity index (χ1v) is 10.5. The van der Waals surface area contributed by atoms with E-state index in [1.54, 1.807) is 0 Å². The van der Waals surface area contributed by atoms with Crippen LogP contribution in [-0.4, -0.2) is 38.8 Å². The molecule has 1 aliphatic rings. The lowest BCUT2D eigenvalue weighted by atomic mass is 9.78. The standard InChI is InChI=1S/C17H24Cl2N2O3S/c1-10-6-5-7-15(11(10)2)20-17(22)12-8-16(14(19)9-13(12)18)25(23,24)21(3)4/h8-11,15H,5-7H2,1-4H3,(H,20,22)/t10-,11+,15-/m0/s1. The lowest BCUT2D eigenvalue weighted by Crippen LogP contribution is -2.43. The number of rotatable bonds is 4. The molecule has 1 aromatic carbocycles. The van der Waals surface area contributed by atoms with Gasteiger partial charge in [-0.3, -0.25) is 4.79 Å². The first-order valence-electron chi connectivity index (χ1n) is 8.28. The fraction of sp³-hybridized carbons (Fsp3) is 0.588. The second kappa shape index (κ2) is 7.82. The van der Waals surface area contributed by atoms with Crippen molar-refractivity contribution in [3.63, 3.8) is 0 Å². The molecule has 0 aliphatic heterocycles. The van der Waals surface area contributed by atoms with E-state index >= 15 is 0 Å². The van der Waals surface area contributed by atoms with Crippen molar-refractivity contribution >= 4 is 39.1 Å². The summed E-state index contributed by atoms with van der Waals surface area (Å²) in [4.78, 5) is 12.6. The number of carbonyl (C=O) groups excluding carboxylic acids is 1. The maximum atomic E-state index is 12.7. The molecule has 1 N–H and O–H groups in total. The highest BCUT2D eigenvalue weighted by Gasteiger charge is 2.30. The minimum absolute atomic E-state index is 0.00472. The number of halogens is 2. The summed E-state index contributed by atoms with van der Waals surface area (Å²) in [5.41, 5.74) is 0.122. The predicted molar refractivity (Wildman–Crippen MR) is 101 cm³/mol. The summed E-state index contributed by atoms with van der Waals surface area (Å²) in [6.45, 7) is 4.31. The number of benzene rings is 1. The summed E-state index contributed by atoms with van der Waals surface area (Å²) in [6, 6.07) is 2.62. The highest BCUT2D eigenvalue weighted by molar-refractivity contribution is 7.89. The normalized spacial score (nSPS) is 24.4. The maximum Gasteiger partial charge on any atom is 0.253 e. The molecule has 1 saturated carbocycles. The monoisotopic (exact) mass is 406 g/mol. The second-order valence-electron chi connectivity index (χ2n) is 6.90. The Balaban J connectivity index is 2.34. The molecule has 1 aromatic rings. The van der Waals surface area contributed by atoms with Crippen LogP contribution in [0.15, 0.2) is 17.0 Å². The van der Waals surface area contributed by atoms with Gasteiger partial charge in [0.1, 0.15) is 4.90 Å². The fourth-order valence-corrected chi connectivity index (χ4v) is 4.86. The largest absolute Gasteiger partial charge is 0.349 e. The van der Waals surface area contributed by atoms with E-state index in [9.17, 15) is 13.2 Å². The number of amides is 1. The van der Waals surface area contributed by atoms with Gasteiger partial charge in [0, 0.05) is 20.1 Å². The Morgan fingerprint density at radius 1 is 1.16 bits per heavy atom. The van der Waals surface area contributed by atoms with Gasteiger partial charge >= 0.3 is 0 Å². The van der Waals surface area contributed by atoms with E-state index in [1.807, 2.05) is 0 Å². The molecular formula is C17H24Cl2N2O3S. The van der Waals surface area contributed by atoms with Crippen molar-refractivity contribution in [2.45, 2.75) is 44.0 Å². The SMILES string of the molecule is C[C@H]1[C@@H](NC(=O)c2cc(S(=O)(=O)N(C)C)c(Cl)cc2Cl)CCC[C@@H]1C. The van der Waals surface area contributed by atoms with Gasteiger partial charge in [0.2, 0.25) is 10.0 Å². The first kappa shape index (κ1) is 20.5. The number of nitrogens with one attached hydrogen (secondary N) is 1. The smallest absolute Gasteiger partial charge is 0.253 e. The molecule has 1 amide bonds. The second-order valence-corrected chi connectivity index (χ2v) is 9.83. The average Bonchev–Trinajstić information content (AvgIpc) is 2.51. The van der Waals surface area contributed by atoms with E-state index in [0.717, 1.165) is 23.6 Å². The van der Waals surface area contributed by atoms with Crippen LogP contribution in [0.25, 0.3) is 0 Å². The van der Waals surface area contributed by atoms with Gasteiger partial charge < -0.3 is 5.32 Å². The van der Waals surface area contributed by atoms with Gasteiger partial charge in [-0.2, -0.15) is 0 Å². The molecule has 2 rings (SSSR count). The van der Waals surface area contributed by atoms with Crippen LogP contribution in [0.1, 0.15) is 43.5 Å². The maximum absolute atomic E-state index is 12.7. The molecule has 0 spiro atoms. The zero-order valence-corrected chi connectivity index (χ0v) is 17.2. The van der Waals surface area contributed by atoms with Gasteiger partial charge in [-0.25, -0.2) is 12.7 Å². The topological polar surface area (TPSA) is 66.5 Å². The Morgan fingerprint density at radius 3 is 2.40 bits per heavy atom. The van der Waals surface area contributed by atoms with Crippen molar-refractivity contribution in [1.82, 2.24) is 9.62 Å². The lowest BCUT2D eigenvalue weighted by molar-refractivity contribution is 0.0891. The van der Waals surface area contributed by atoms with Crippen LogP contribution in [0.4, 0.5) is 0 Å². The molecule has 0 aromatic heterocycles. The van der Waals surface area contributed by atoms with E-state index in [2.05, 4.69) is 19.2 Å². The van der Waals surface area contributed by atoms with Crippen molar-refractivity contribution in [2.75, 3.05) is 14.1 Å². The lowest BCUT2D eigenvalue weighted by Gasteiger charge is -2.34. The molecule has 8 heteroatoms. The molecule has 0 saturated heterocycles. The zero-order valence-electron chi connectivity index (χ0n) is 14.8. The first-order chi connectivity index (χ1) is 11.6. The highest BCUT2D eigenvalue weighted by Crippen LogP contribution is 2.32. The quantitative estimate of drug-likeness (QED) is 0.826. The molecule has 1 fully saturated rings. The number of carbonyl (C=O) groups is 1. The molecule has 1 aliphatic carbocycles. The van der Waals surface area contributed by atoms with Crippen molar-refractivity contribution < 1.29 is 13.2 Å². The van der Waals surface area contributed by atoms with E-state index in [-0.39, 0.29) is 32.5 Å². The van der Waals surface area contributed by atoms with Crippen LogP contribution in [0.3, 0.4) is 0 Å². The van der Waals surface area contributed by atoms with Gasteiger partial charge in [-0.1, -0.05) is 49.9 Å². The molecule has 140 valence electrons. The van der Waals surface area contributed by atoms with Crippen molar-refractivity contribution in [1.29, 1.82) is 0 Å².